The van der Waals surface area contributed by atoms with Gasteiger partial charge in [-0.25, -0.2) is 4.79 Å². The van der Waals surface area contributed by atoms with E-state index in [2.05, 4.69) is 14.2 Å². The molecule has 15 heteroatoms. The van der Waals surface area contributed by atoms with E-state index in [4.69, 9.17) is 24.5 Å². The minimum absolute atomic E-state index is 0.0915. The topological polar surface area (TPSA) is 146 Å². The summed E-state index contributed by atoms with van der Waals surface area (Å²) in [5, 5.41) is 3.42. The maximum atomic E-state index is 13.1. The number of hydrogen-bond acceptors (Lipinski definition) is 9. The van der Waals surface area contributed by atoms with Crippen LogP contribution in [0.25, 0.3) is 10.4 Å². The summed E-state index contributed by atoms with van der Waals surface area (Å²) in [6, 6.07) is 6.02. The molecule has 34 heavy (non-hydrogen) atoms. The van der Waals surface area contributed by atoms with Gasteiger partial charge in [-0.05, 0) is 24.1 Å². The van der Waals surface area contributed by atoms with Crippen LogP contribution in [0, 0.1) is 0 Å². The summed E-state index contributed by atoms with van der Waals surface area (Å²) in [4.78, 5) is 14.9. The number of rotatable bonds is 11. The first-order valence-corrected chi connectivity index (χ1v) is 11.5. The molecule has 0 spiro atoms. The van der Waals surface area contributed by atoms with Crippen LogP contribution in [0.3, 0.4) is 0 Å². The van der Waals surface area contributed by atoms with Gasteiger partial charge in [0.2, 0.25) is 0 Å². The summed E-state index contributed by atoms with van der Waals surface area (Å²) < 4.78 is 88.5. The highest BCUT2D eigenvalue weighted by atomic mass is 32.2. The van der Waals surface area contributed by atoms with E-state index in [1.165, 1.54) is 19.2 Å². The Morgan fingerprint density at radius 3 is 2.47 bits per heavy atom. The largest absolute Gasteiger partial charge is 0.523 e. The number of nitrogens with zero attached hydrogens (tertiary/aromatic N) is 3. The predicted molar refractivity (Wildman–Crippen MR) is 110 cm³/mol. The third-order valence-corrected chi connectivity index (χ3v) is 5.79. The number of hydrogen-bond donors (Lipinski definition) is 0. The number of halogens is 3. The van der Waals surface area contributed by atoms with Crippen LogP contribution in [0.4, 0.5) is 13.2 Å². The Morgan fingerprint density at radius 1 is 1.24 bits per heavy atom. The zero-order valence-electron chi connectivity index (χ0n) is 18.3. The van der Waals surface area contributed by atoms with Crippen molar-refractivity contribution in [2.75, 3.05) is 20.3 Å². The van der Waals surface area contributed by atoms with Gasteiger partial charge in [-0.15, -0.1) is 0 Å². The van der Waals surface area contributed by atoms with E-state index >= 15 is 0 Å². The predicted octanol–water partition coefficient (Wildman–Crippen LogP) is 3.31. The molecule has 190 valence electrons. The molecular formula is C19H24F3N3O8S. The second-order valence-electron chi connectivity index (χ2n) is 7.09. The van der Waals surface area contributed by atoms with Crippen LogP contribution < -0.4 is 0 Å². The Hall–Kier alpha value is -2.42. The van der Waals surface area contributed by atoms with Crippen LogP contribution >= 0.6 is 0 Å². The van der Waals surface area contributed by atoms with Gasteiger partial charge >= 0.3 is 21.6 Å². The molecule has 0 saturated carbocycles. The molecule has 0 aromatic heterocycles. The highest BCUT2D eigenvalue weighted by Crippen LogP contribution is 2.34. The monoisotopic (exact) mass is 511 g/mol. The summed E-state index contributed by atoms with van der Waals surface area (Å²) in [5.74, 6) is -0.850. The van der Waals surface area contributed by atoms with Crippen molar-refractivity contribution in [2.45, 2.75) is 55.9 Å². The smallest absolute Gasteiger partial charge is 0.459 e. The summed E-state index contributed by atoms with van der Waals surface area (Å²) >= 11 is 0. The zero-order valence-corrected chi connectivity index (χ0v) is 19.1. The van der Waals surface area contributed by atoms with E-state index in [0.717, 1.165) is 0 Å². The van der Waals surface area contributed by atoms with Crippen LogP contribution in [-0.2, 0) is 33.2 Å². The third-order valence-electron chi connectivity index (χ3n) is 4.75. The van der Waals surface area contributed by atoms with Gasteiger partial charge in [-0.1, -0.05) is 36.7 Å². The minimum Gasteiger partial charge on any atom is -0.459 e. The SMILES string of the molecule is CCCCOC1C(N=[N+]=[N-])[C@H](OS(=O)(=O)C(F)(F)F)C(COC(=O)c2ccccc2)O[C@@H]1OC. The van der Waals surface area contributed by atoms with Crippen molar-refractivity contribution in [3.8, 4) is 0 Å². The number of azide groups is 1. The molecule has 1 aliphatic rings. The van der Waals surface area contributed by atoms with Crippen molar-refractivity contribution in [3.05, 3.63) is 46.3 Å². The van der Waals surface area contributed by atoms with Crippen molar-refractivity contribution >= 4 is 16.1 Å². The van der Waals surface area contributed by atoms with Gasteiger partial charge in [0, 0.05) is 18.6 Å². The molecular weight excluding hydrogens is 487 g/mol. The first-order valence-electron chi connectivity index (χ1n) is 10.1. The molecule has 0 radical (unpaired) electrons. The van der Waals surface area contributed by atoms with Gasteiger partial charge < -0.3 is 18.9 Å². The van der Waals surface area contributed by atoms with Gasteiger partial charge in [-0.2, -0.15) is 21.6 Å². The number of esters is 1. The molecule has 1 aromatic carbocycles. The minimum atomic E-state index is -6.15. The highest BCUT2D eigenvalue weighted by molar-refractivity contribution is 7.87. The Bertz CT molecular complexity index is 957. The van der Waals surface area contributed by atoms with E-state index in [1.54, 1.807) is 18.2 Å². The fourth-order valence-electron chi connectivity index (χ4n) is 3.09. The standard InChI is InChI=1S/C19H24F3N3O8S/c1-3-4-10-30-16-14(24-25-23)15(33-34(27,28)19(20,21)22)13(32-18(16)29-2)11-31-17(26)12-8-6-5-7-9-12/h5-9,13-16,18H,3-4,10-11H2,1-2H3/t13?,14?,15-,16?,18+/m1/s1. The number of ether oxygens (including phenoxy) is 4. The molecule has 1 saturated heterocycles. The normalized spacial score (nSPS) is 25.4. The maximum Gasteiger partial charge on any atom is 0.523 e. The third kappa shape index (κ3) is 7.04. The number of alkyl halides is 3. The van der Waals surface area contributed by atoms with Crippen LogP contribution in [0.15, 0.2) is 35.4 Å². The average molecular weight is 511 g/mol. The van der Waals surface area contributed by atoms with Gasteiger partial charge in [0.15, 0.2) is 6.29 Å². The lowest BCUT2D eigenvalue weighted by atomic mass is 9.97. The lowest BCUT2D eigenvalue weighted by Gasteiger charge is -2.43. The molecule has 0 bridgehead atoms. The van der Waals surface area contributed by atoms with Gasteiger partial charge in [0.1, 0.15) is 24.9 Å². The van der Waals surface area contributed by atoms with Crippen molar-refractivity contribution in [1.82, 2.24) is 0 Å². The second kappa shape index (κ2) is 12.3. The van der Waals surface area contributed by atoms with Crippen molar-refractivity contribution in [1.29, 1.82) is 0 Å². The highest BCUT2D eigenvalue weighted by Gasteiger charge is 2.55. The quantitative estimate of drug-likeness (QED) is 0.0836. The van der Waals surface area contributed by atoms with E-state index in [1.807, 2.05) is 6.92 Å². The lowest BCUT2D eigenvalue weighted by Crippen LogP contribution is -2.61. The molecule has 2 rings (SSSR count). The molecule has 0 N–H and O–H groups in total. The Morgan fingerprint density at radius 2 is 1.91 bits per heavy atom. The molecule has 1 fully saturated rings. The molecule has 1 heterocycles. The van der Waals surface area contributed by atoms with Crippen LogP contribution in [0.5, 0.6) is 0 Å². The lowest BCUT2D eigenvalue weighted by molar-refractivity contribution is -0.274. The van der Waals surface area contributed by atoms with Crippen LogP contribution in [0.1, 0.15) is 30.1 Å². The summed E-state index contributed by atoms with van der Waals surface area (Å²) in [7, 11) is -4.94. The van der Waals surface area contributed by atoms with Gasteiger partial charge in [0.25, 0.3) is 0 Å². The van der Waals surface area contributed by atoms with E-state index in [0.29, 0.717) is 12.8 Å². The van der Waals surface area contributed by atoms with Crippen molar-refractivity contribution in [2.24, 2.45) is 5.11 Å². The van der Waals surface area contributed by atoms with E-state index < -0.39 is 58.8 Å². The second-order valence-corrected chi connectivity index (χ2v) is 8.65. The van der Waals surface area contributed by atoms with E-state index in [9.17, 15) is 26.4 Å². The average Bonchev–Trinajstić information content (AvgIpc) is 2.79. The maximum absolute atomic E-state index is 13.1. The Labute approximate surface area is 193 Å². The van der Waals surface area contributed by atoms with Crippen LogP contribution in [-0.4, -0.2) is 70.9 Å². The number of methoxy groups -OCH3 is 1. The summed E-state index contributed by atoms with van der Waals surface area (Å²) in [6.45, 7) is 1.22. The number of carbonyl (C=O) groups is 1. The van der Waals surface area contributed by atoms with Crippen molar-refractivity contribution < 1.29 is 49.5 Å². The van der Waals surface area contributed by atoms with Gasteiger partial charge in [-0.3, -0.25) is 4.18 Å². The first kappa shape index (κ1) is 27.8. The van der Waals surface area contributed by atoms with E-state index in [-0.39, 0.29) is 12.2 Å². The summed E-state index contributed by atoms with van der Waals surface area (Å²) in [5.41, 5.74) is 3.37. The Kier molecular flexibility index (Phi) is 10.1. The molecule has 11 nitrogen and oxygen atoms in total. The zero-order chi connectivity index (χ0) is 25.4. The fraction of sp³-hybridized carbons (Fsp3) is 0.632. The van der Waals surface area contributed by atoms with Crippen LogP contribution in [0.2, 0.25) is 0 Å². The van der Waals surface area contributed by atoms with Gasteiger partial charge in [0.05, 0.1) is 11.6 Å². The van der Waals surface area contributed by atoms with Crippen molar-refractivity contribution in [3.63, 3.8) is 0 Å². The molecule has 1 aliphatic heterocycles. The molecule has 3 unspecified atom stereocenters. The molecule has 0 aliphatic carbocycles. The number of benzene rings is 1. The number of carbonyl (C=O) groups excluding carboxylic acids is 1. The molecule has 0 amide bonds. The first-order chi connectivity index (χ1) is 16.1. The summed E-state index contributed by atoms with van der Waals surface area (Å²) in [6.07, 6.45) is -5.00. The number of unbranched alkanes of at least 4 members (excludes halogenated alkanes) is 1. The Balaban J connectivity index is 2.37. The fourth-order valence-corrected chi connectivity index (χ4v) is 3.73. The molecule has 5 atom stereocenters. The molecule has 1 aromatic rings.